The van der Waals surface area contributed by atoms with Crippen LogP contribution in [0.3, 0.4) is 0 Å². The molecule has 1 atom stereocenters. The number of ether oxygens (including phenoxy) is 1. The summed E-state index contributed by atoms with van der Waals surface area (Å²) in [6.07, 6.45) is 0. The normalized spacial score (nSPS) is 11.7. The molecule has 104 valence electrons. The third-order valence-electron chi connectivity index (χ3n) is 2.34. The van der Waals surface area contributed by atoms with Crippen molar-refractivity contribution in [2.45, 2.75) is 13.0 Å². The Labute approximate surface area is 117 Å². The molecular weight excluding hydrogens is 268 g/mol. The molecule has 1 aromatic rings. The van der Waals surface area contributed by atoms with Gasteiger partial charge in [-0.15, -0.1) is 0 Å². The van der Waals surface area contributed by atoms with Crippen LogP contribution in [0.5, 0.6) is 0 Å². The van der Waals surface area contributed by atoms with Crippen LogP contribution >= 0.6 is 11.6 Å². The van der Waals surface area contributed by atoms with Crippen molar-refractivity contribution in [2.75, 3.05) is 20.3 Å². The molecule has 0 aliphatic heterocycles. The van der Waals surface area contributed by atoms with Crippen LogP contribution < -0.4 is 10.6 Å². The van der Waals surface area contributed by atoms with Gasteiger partial charge in [-0.05, 0) is 31.2 Å². The second-order valence-electron chi connectivity index (χ2n) is 4.11. The van der Waals surface area contributed by atoms with E-state index in [9.17, 15) is 9.59 Å². The summed E-state index contributed by atoms with van der Waals surface area (Å²) in [5.41, 5.74) is 0.460. The predicted molar refractivity (Wildman–Crippen MR) is 73.3 cm³/mol. The lowest BCUT2D eigenvalue weighted by atomic mass is 10.2. The number of carbonyl (C=O) groups excluding carboxylic acids is 2. The minimum atomic E-state index is -0.314. The van der Waals surface area contributed by atoms with Gasteiger partial charge < -0.3 is 15.4 Å². The van der Waals surface area contributed by atoms with Gasteiger partial charge in [-0.25, -0.2) is 0 Å². The number of amides is 2. The van der Waals surface area contributed by atoms with E-state index in [1.54, 1.807) is 31.4 Å². The Bertz CT molecular complexity index is 434. The molecule has 0 spiro atoms. The number of nitrogens with one attached hydrogen (secondary N) is 2. The molecule has 0 aliphatic rings. The van der Waals surface area contributed by atoms with Crippen LogP contribution in [0.4, 0.5) is 0 Å². The van der Waals surface area contributed by atoms with Gasteiger partial charge in [-0.2, -0.15) is 0 Å². The molecule has 0 unspecified atom stereocenters. The number of hydrogen-bond acceptors (Lipinski definition) is 3. The van der Waals surface area contributed by atoms with Crippen LogP contribution in [-0.4, -0.2) is 38.1 Å². The third kappa shape index (κ3) is 5.72. The molecule has 0 bridgehead atoms. The van der Waals surface area contributed by atoms with Gasteiger partial charge in [-0.1, -0.05) is 11.6 Å². The Morgan fingerprint density at radius 3 is 2.53 bits per heavy atom. The molecule has 0 saturated carbocycles. The van der Waals surface area contributed by atoms with Crippen LogP contribution in [0, 0.1) is 0 Å². The second kappa shape index (κ2) is 7.76. The summed E-state index contributed by atoms with van der Waals surface area (Å²) < 4.78 is 4.90. The van der Waals surface area contributed by atoms with Crippen molar-refractivity contribution in [3.63, 3.8) is 0 Å². The van der Waals surface area contributed by atoms with E-state index < -0.39 is 0 Å². The molecular formula is C13H17ClN2O3. The van der Waals surface area contributed by atoms with E-state index in [1.807, 2.05) is 6.92 Å². The van der Waals surface area contributed by atoms with Gasteiger partial charge in [0.25, 0.3) is 5.91 Å². The lowest BCUT2D eigenvalue weighted by Gasteiger charge is -2.13. The molecule has 19 heavy (non-hydrogen) atoms. The van der Waals surface area contributed by atoms with Gasteiger partial charge in [0.2, 0.25) is 5.91 Å². The SMILES string of the molecule is COC[C@H](C)NC(=O)CNC(=O)c1ccc(Cl)cc1. The number of hydrogen-bond donors (Lipinski definition) is 2. The fourth-order valence-corrected chi connectivity index (χ4v) is 1.61. The highest BCUT2D eigenvalue weighted by atomic mass is 35.5. The molecule has 0 heterocycles. The van der Waals surface area contributed by atoms with Crippen molar-refractivity contribution in [1.82, 2.24) is 10.6 Å². The van der Waals surface area contributed by atoms with E-state index in [0.717, 1.165) is 0 Å². The molecule has 0 aromatic heterocycles. The summed E-state index contributed by atoms with van der Waals surface area (Å²) >= 11 is 5.72. The molecule has 0 aliphatic carbocycles. The minimum Gasteiger partial charge on any atom is -0.383 e. The lowest BCUT2D eigenvalue weighted by molar-refractivity contribution is -0.121. The first-order chi connectivity index (χ1) is 9.02. The molecule has 0 fully saturated rings. The van der Waals surface area contributed by atoms with E-state index in [1.165, 1.54) is 0 Å². The molecule has 5 nitrogen and oxygen atoms in total. The zero-order valence-electron chi connectivity index (χ0n) is 10.9. The number of halogens is 1. The van der Waals surface area contributed by atoms with Crippen LogP contribution in [0.25, 0.3) is 0 Å². The molecule has 2 N–H and O–H groups in total. The smallest absolute Gasteiger partial charge is 0.251 e. The van der Waals surface area contributed by atoms with Crippen molar-refractivity contribution in [3.8, 4) is 0 Å². The second-order valence-corrected chi connectivity index (χ2v) is 4.55. The summed E-state index contributed by atoms with van der Waals surface area (Å²) in [5.74, 6) is -0.571. The van der Waals surface area contributed by atoms with E-state index in [4.69, 9.17) is 16.3 Å². The molecule has 1 rings (SSSR count). The third-order valence-corrected chi connectivity index (χ3v) is 2.59. The predicted octanol–water partition coefficient (Wildman–Crippen LogP) is 1.22. The summed E-state index contributed by atoms with van der Waals surface area (Å²) in [6.45, 7) is 2.18. The van der Waals surface area contributed by atoms with Crippen molar-refractivity contribution in [2.24, 2.45) is 0 Å². The molecule has 0 radical (unpaired) electrons. The first kappa shape index (κ1) is 15.5. The fourth-order valence-electron chi connectivity index (χ4n) is 1.48. The molecule has 0 saturated heterocycles. The molecule has 1 aromatic carbocycles. The zero-order valence-corrected chi connectivity index (χ0v) is 11.7. The van der Waals surface area contributed by atoms with Crippen LogP contribution in [0.1, 0.15) is 17.3 Å². The fraction of sp³-hybridized carbons (Fsp3) is 0.385. The van der Waals surface area contributed by atoms with Crippen molar-refractivity contribution >= 4 is 23.4 Å². The van der Waals surface area contributed by atoms with Gasteiger partial charge >= 0.3 is 0 Å². The monoisotopic (exact) mass is 284 g/mol. The van der Waals surface area contributed by atoms with Gasteiger partial charge in [0.1, 0.15) is 0 Å². The Morgan fingerprint density at radius 1 is 1.32 bits per heavy atom. The maximum atomic E-state index is 11.7. The quantitative estimate of drug-likeness (QED) is 0.825. The first-order valence-corrected chi connectivity index (χ1v) is 6.22. The Hall–Kier alpha value is -1.59. The minimum absolute atomic E-state index is 0.0739. The van der Waals surface area contributed by atoms with Gasteiger partial charge in [0.05, 0.1) is 13.2 Å². The summed E-state index contributed by atoms with van der Waals surface area (Å²) in [7, 11) is 1.56. The number of benzene rings is 1. The molecule has 2 amide bonds. The van der Waals surface area contributed by atoms with Gasteiger partial charge in [0.15, 0.2) is 0 Å². The van der Waals surface area contributed by atoms with Crippen LogP contribution in [-0.2, 0) is 9.53 Å². The highest BCUT2D eigenvalue weighted by Crippen LogP contribution is 2.09. The van der Waals surface area contributed by atoms with Gasteiger partial charge in [-0.3, -0.25) is 9.59 Å². The standard InChI is InChI=1S/C13H17ClN2O3/c1-9(8-19-2)16-12(17)7-15-13(18)10-3-5-11(14)6-4-10/h3-6,9H,7-8H2,1-2H3,(H,15,18)(H,16,17)/t9-/m0/s1. The average Bonchev–Trinajstić information content (AvgIpc) is 2.37. The Kier molecular flexibility index (Phi) is 6.32. The van der Waals surface area contributed by atoms with E-state index >= 15 is 0 Å². The number of carbonyl (C=O) groups is 2. The van der Waals surface area contributed by atoms with Crippen LogP contribution in [0.2, 0.25) is 5.02 Å². The van der Waals surface area contributed by atoms with E-state index in [2.05, 4.69) is 10.6 Å². The summed E-state index contributed by atoms with van der Waals surface area (Å²) in [6, 6.07) is 6.35. The Morgan fingerprint density at radius 2 is 1.95 bits per heavy atom. The topological polar surface area (TPSA) is 67.4 Å². The Balaban J connectivity index is 2.37. The number of methoxy groups -OCH3 is 1. The number of rotatable bonds is 6. The van der Waals surface area contributed by atoms with Crippen molar-refractivity contribution < 1.29 is 14.3 Å². The summed E-state index contributed by atoms with van der Waals surface area (Å²) in [5, 5.41) is 5.79. The summed E-state index contributed by atoms with van der Waals surface area (Å²) in [4.78, 5) is 23.2. The molecule has 6 heteroatoms. The lowest BCUT2D eigenvalue weighted by Crippen LogP contribution is -2.42. The van der Waals surface area contributed by atoms with Crippen molar-refractivity contribution in [3.05, 3.63) is 34.9 Å². The van der Waals surface area contributed by atoms with E-state index in [0.29, 0.717) is 17.2 Å². The average molecular weight is 285 g/mol. The van der Waals surface area contributed by atoms with Crippen molar-refractivity contribution in [1.29, 1.82) is 0 Å². The highest BCUT2D eigenvalue weighted by molar-refractivity contribution is 6.30. The highest BCUT2D eigenvalue weighted by Gasteiger charge is 2.10. The maximum Gasteiger partial charge on any atom is 0.251 e. The zero-order chi connectivity index (χ0) is 14.3. The maximum absolute atomic E-state index is 11.7. The largest absolute Gasteiger partial charge is 0.383 e. The first-order valence-electron chi connectivity index (χ1n) is 5.85. The van der Waals surface area contributed by atoms with Crippen LogP contribution in [0.15, 0.2) is 24.3 Å². The van der Waals surface area contributed by atoms with E-state index in [-0.39, 0.29) is 24.4 Å². The van der Waals surface area contributed by atoms with Gasteiger partial charge in [0, 0.05) is 23.7 Å².